The molecule has 0 fully saturated rings. The Morgan fingerprint density at radius 1 is 1.30 bits per heavy atom. The van der Waals surface area contributed by atoms with Crippen molar-refractivity contribution in [3.05, 3.63) is 47.8 Å². The molecule has 2 N–H and O–H groups in total. The van der Waals surface area contributed by atoms with Crippen molar-refractivity contribution in [1.29, 1.82) is 0 Å². The minimum atomic E-state index is -3.43. The smallest absolute Gasteiger partial charge is 0.252 e. The molecular weight excluding hydrogens is 278 g/mol. The Kier molecular flexibility index (Phi) is 4.19. The fourth-order valence-corrected chi connectivity index (χ4v) is 2.83. The molecule has 0 spiro atoms. The van der Waals surface area contributed by atoms with E-state index in [1.165, 1.54) is 12.1 Å². The maximum Gasteiger partial charge on any atom is 0.252 e. The molecule has 7 heteroatoms. The lowest BCUT2D eigenvalue weighted by Crippen LogP contribution is -2.25. The number of nitrogens with one attached hydrogen (secondary N) is 2. The molecule has 2 rings (SSSR count). The zero-order valence-corrected chi connectivity index (χ0v) is 11.8. The Hall–Kier alpha value is -2.15. The van der Waals surface area contributed by atoms with Crippen LogP contribution in [0.3, 0.4) is 0 Å². The van der Waals surface area contributed by atoms with Crippen molar-refractivity contribution in [2.24, 2.45) is 0 Å². The van der Waals surface area contributed by atoms with Gasteiger partial charge in [-0.2, -0.15) is 5.10 Å². The molecule has 1 heterocycles. The van der Waals surface area contributed by atoms with E-state index in [2.05, 4.69) is 15.5 Å². The summed E-state index contributed by atoms with van der Waals surface area (Å²) in [6, 6.07) is 7.93. The molecule has 0 radical (unpaired) electrons. The number of sulfone groups is 1. The summed E-state index contributed by atoms with van der Waals surface area (Å²) in [4.78, 5) is 12.2. The quantitative estimate of drug-likeness (QED) is 0.864. The van der Waals surface area contributed by atoms with Gasteiger partial charge in [0.1, 0.15) is 0 Å². The molecule has 0 aliphatic carbocycles. The zero-order valence-electron chi connectivity index (χ0n) is 11.0. The van der Waals surface area contributed by atoms with Crippen LogP contribution >= 0.6 is 0 Å². The minimum absolute atomic E-state index is 0.0438. The molecular formula is C13H15N3O3S. The molecule has 0 atom stereocenters. The topological polar surface area (TPSA) is 91.9 Å². The lowest BCUT2D eigenvalue weighted by molar-refractivity contribution is 0.0947. The van der Waals surface area contributed by atoms with Crippen LogP contribution in [0, 0.1) is 0 Å². The summed E-state index contributed by atoms with van der Waals surface area (Å²) in [6.07, 6.45) is 1.58. The van der Waals surface area contributed by atoms with Gasteiger partial charge in [0.2, 0.25) is 0 Å². The van der Waals surface area contributed by atoms with E-state index in [0.717, 1.165) is 5.69 Å². The predicted octanol–water partition coefficient (Wildman–Crippen LogP) is 1.13. The number of nitrogens with zero attached hydrogens (tertiary/aromatic N) is 1. The molecule has 0 saturated carbocycles. The second-order valence-electron chi connectivity index (χ2n) is 4.16. The second kappa shape index (κ2) is 5.87. The molecule has 106 valence electrons. The van der Waals surface area contributed by atoms with Gasteiger partial charge in [0.25, 0.3) is 5.91 Å². The van der Waals surface area contributed by atoms with Gasteiger partial charge in [-0.1, -0.05) is 19.1 Å². The maximum absolute atomic E-state index is 12.1. The van der Waals surface area contributed by atoms with Crippen molar-refractivity contribution in [1.82, 2.24) is 15.5 Å². The van der Waals surface area contributed by atoms with Crippen molar-refractivity contribution in [3.8, 4) is 0 Å². The Bertz CT molecular complexity index is 693. The standard InChI is InChI=1S/C13H15N3O3S/c1-2-20(18,19)12-6-4-3-5-11(12)13(17)14-9-10-7-8-15-16-10/h3-8H,2,9H2,1H3,(H,14,17)(H,15,16). The highest BCUT2D eigenvalue weighted by atomic mass is 32.2. The Morgan fingerprint density at radius 2 is 2.05 bits per heavy atom. The second-order valence-corrected chi connectivity index (χ2v) is 6.41. The summed E-state index contributed by atoms with van der Waals surface area (Å²) in [6.45, 7) is 1.81. The number of benzene rings is 1. The largest absolute Gasteiger partial charge is 0.346 e. The van der Waals surface area contributed by atoms with E-state index in [0.29, 0.717) is 0 Å². The number of hydrogen-bond acceptors (Lipinski definition) is 4. The van der Waals surface area contributed by atoms with E-state index in [-0.39, 0.29) is 22.8 Å². The number of amides is 1. The molecule has 1 amide bonds. The van der Waals surface area contributed by atoms with Gasteiger partial charge in [-0.25, -0.2) is 8.42 Å². The summed E-state index contributed by atoms with van der Waals surface area (Å²) in [5, 5.41) is 9.15. The van der Waals surface area contributed by atoms with E-state index >= 15 is 0 Å². The Balaban J connectivity index is 2.22. The van der Waals surface area contributed by atoms with Crippen LogP contribution < -0.4 is 5.32 Å². The average molecular weight is 293 g/mol. The van der Waals surface area contributed by atoms with E-state index in [1.54, 1.807) is 31.3 Å². The van der Waals surface area contributed by atoms with Crippen LogP contribution in [-0.2, 0) is 16.4 Å². The van der Waals surface area contributed by atoms with Crippen LogP contribution in [0.25, 0.3) is 0 Å². The van der Waals surface area contributed by atoms with Gasteiger partial charge in [-0.3, -0.25) is 9.89 Å². The first-order valence-corrected chi connectivity index (χ1v) is 7.78. The Morgan fingerprint density at radius 3 is 2.70 bits per heavy atom. The Labute approximate surface area is 117 Å². The number of H-pyrrole nitrogens is 1. The van der Waals surface area contributed by atoms with E-state index in [4.69, 9.17) is 0 Å². The highest BCUT2D eigenvalue weighted by Gasteiger charge is 2.20. The predicted molar refractivity (Wildman–Crippen MR) is 73.9 cm³/mol. The number of rotatable bonds is 5. The molecule has 6 nitrogen and oxygen atoms in total. The first-order valence-electron chi connectivity index (χ1n) is 6.13. The van der Waals surface area contributed by atoms with Crippen molar-refractivity contribution >= 4 is 15.7 Å². The van der Waals surface area contributed by atoms with Gasteiger partial charge in [0.15, 0.2) is 9.84 Å². The van der Waals surface area contributed by atoms with Crippen molar-refractivity contribution in [2.75, 3.05) is 5.75 Å². The van der Waals surface area contributed by atoms with Gasteiger partial charge in [0.05, 0.1) is 28.5 Å². The van der Waals surface area contributed by atoms with E-state index < -0.39 is 15.7 Å². The lowest BCUT2D eigenvalue weighted by atomic mass is 10.2. The first-order chi connectivity index (χ1) is 9.54. The van der Waals surface area contributed by atoms with Crippen LogP contribution in [0.1, 0.15) is 23.0 Å². The number of hydrogen-bond donors (Lipinski definition) is 2. The first kappa shape index (κ1) is 14.3. The van der Waals surface area contributed by atoms with Gasteiger partial charge in [-0.05, 0) is 18.2 Å². The fourth-order valence-electron chi connectivity index (χ4n) is 1.73. The van der Waals surface area contributed by atoms with E-state index in [1.807, 2.05) is 0 Å². The monoisotopic (exact) mass is 293 g/mol. The summed E-state index contributed by atoms with van der Waals surface area (Å²) >= 11 is 0. The van der Waals surface area contributed by atoms with Gasteiger partial charge in [0, 0.05) is 6.20 Å². The molecule has 0 aliphatic heterocycles. The molecule has 0 bridgehead atoms. The third-order valence-corrected chi connectivity index (χ3v) is 4.63. The number of aromatic amines is 1. The van der Waals surface area contributed by atoms with Crippen LogP contribution in [-0.4, -0.2) is 30.3 Å². The minimum Gasteiger partial charge on any atom is -0.346 e. The molecule has 20 heavy (non-hydrogen) atoms. The van der Waals surface area contributed by atoms with Crippen LogP contribution in [0.4, 0.5) is 0 Å². The normalized spacial score (nSPS) is 11.2. The fraction of sp³-hybridized carbons (Fsp3) is 0.231. The molecule has 1 aromatic heterocycles. The third kappa shape index (κ3) is 3.05. The molecule has 0 aliphatic rings. The SMILES string of the molecule is CCS(=O)(=O)c1ccccc1C(=O)NCc1ccn[nH]1. The lowest BCUT2D eigenvalue weighted by Gasteiger charge is -2.09. The highest BCUT2D eigenvalue weighted by molar-refractivity contribution is 7.91. The summed E-state index contributed by atoms with van der Waals surface area (Å²) in [5.74, 6) is -0.468. The highest BCUT2D eigenvalue weighted by Crippen LogP contribution is 2.17. The van der Waals surface area contributed by atoms with Crippen molar-refractivity contribution in [3.63, 3.8) is 0 Å². The number of carbonyl (C=O) groups excluding carboxylic acids is 1. The van der Waals surface area contributed by atoms with Crippen LogP contribution in [0.5, 0.6) is 0 Å². The average Bonchev–Trinajstić information content (AvgIpc) is 2.98. The van der Waals surface area contributed by atoms with Crippen LogP contribution in [0.15, 0.2) is 41.4 Å². The van der Waals surface area contributed by atoms with Gasteiger partial charge in [-0.15, -0.1) is 0 Å². The zero-order chi connectivity index (χ0) is 14.6. The summed E-state index contributed by atoms with van der Waals surface area (Å²) in [7, 11) is -3.43. The number of carbonyl (C=O) groups is 1. The molecule has 0 saturated heterocycles. The number of aromatic nitrogens is 2. The summed E-state index contributed by atoms with van der Waals surface area (Å²) < 4.78 is 23.9. The summed E-state index contributed by atoms with van der Waals surface area (Å²) in [5.41, 5.74) is 0.906. The molecule has 0 unspecified atom stereocenters. The maximum atomic E-state index is 12.1. The third-order valence-electron chi connectivity index (χ3n) is 2.84. The molecule has 1 aromatic carbocycles. The van der Waals surface area contributed by atoms with E-state index in [9.17, 15) is 13.2 Å². The van der Waals surface area contributed by atoms with Crippen molar-refractivity contribution in [2.45, 2.75) is 18.4 Å². The van der Waals surface area contributed by atoms with Crippen LogP contribution in [0.2, 0.25) is 0 Å². The molecule has 2 aromatic rings. The van der Waals surface area contributed by atoms with Crippen molar-refractivity contribution < 1.29 is 13.2 Å². The van der Waals surface area contributed by atoms with Gasteiger partial charge < -0.3 is 5.32 Å². The van der Waals surface area contributed by atoms with Gasteiger partial charge >= 0.3 is 0 Å².